The van der Waals surface area contributed by atoms with Crippen molar-refractivity contribution in [3.8, 4) is 0 Å². The van der Waals surface area contributed by atoms with E-state index in [2.05, 4.69) is 4.98 Å². The molecule has 114 valence electrons. The first kappa shape index (κ1) is 14.9. The number of rotatable bonds is 3. The van der Waals surface area contributed by atoms with Gasteiger partial charge in [-0.2, -0.15) is 0 Å². The van der Waals surface area contributed by atoms with Crippen LogP contribution in [0.4, 0.5) is 0 Å². The first-order valence-corrected chi connectivity index (χ1v) is 8.39. The third-order valence-electron chi connectivity index (χ3n) is 4.52. The molecule has 1 saturated carbocycles. The predicted octanol–water partition coefficient (Wildman–Crippen LogP) is 3.59. The highest BCUT2D eigenvalue weighted by Gasteiger charge is 2.43. The first-order valence-electron chi connectivity index (χ1n) is 7.51. The van der Waals surface area contributed by atoms with Crippen molar-refractivity contribution in [2.45, 2.75) is 61.8 Å². The second-order valence-corrected chi connectivity index (χ2v) is 7.47. The lowest BCUT2D eigenvalue weighted by Gasteiger charge is -2.47. The Labute approximate surface area is 129 Å². The van der Waals surface area contributed by atoms with Crippen LogP contribution in [0.1, 0.15) is 53.7 Å². The zero-order valence-corrected chi connectivity index (χ0v) is 13.3. The van der Waals surface area contributed by atoms with Crippen molar-refractivity contribution in [3.63, 3.8) is 0 Å². The molecule has 1 aliphatic carbocycles. The molecule has 1 atom stereocenters. The lowest BCUT2D eigenvalue weighted by molar-refractivity contribution is -0.125. The number of aromatic carboxylic acids is 1. The Morgan fingerprint density at radius 1 is 1.48 bits per heavy atom. The summed E-state index contributed by atoms with van der Waals surface area (Å²) in [4.78, 5) is 16.0. The highest BCUT2D eigenvalue weighted by molar-refractivity contribution is 7.99. The van der Waals surface area contributed by atoms with Crippen LogP contribution in [-0.4, -0.2) is 33.5 Å². The molecule has 1 aromatic heterocycles. The summed E-state index contributed by atoms with van der Waals surface area (Å²) >= 11 is 1.63. The van der Waals surface area contributed by atoms with E-state index in [0.717, 1.165) is 43.5 Å². The van der Waals surface area contributed by atoms with Gasteiger partial charge in [-0.15, -0.1) is 11.8 Å². The van der Waals surface area contributed by atoms with Crippen LogP contribution in [-0.2, 0) is 4.74 Å². The second kappa shape index (κ2) is 5.61. The Morgan fingerprint density at radius 2 is 2.24 bits per heavy atom. The Balaban J connectivity index is 1.82. The molecule has 1 N–H and O–H groups in total. The molecule has 21 heavy (non-hydrogen) atoms. The minimum absolute atomic E-state index is 0.0815. The van der Waals surface area contributed by atoms with Crippen LogP contribution in [0.3, 0.4) is 0 Å². The van der Waals surface area contributed by atoms with Gasteiger partial charge in [-0.3, -0.25) is 0 Å². The summed E-state index contributed by atoms with van der Waals surface area (Å²) < 4.78 is 5.94. The van der Waals surface area contributed by atoms with E-state index in [1.54, 1.807) is 11.8 Å². The summed E-state index contributed by atoms with van der Waals surface area (Å²) in [7, 11) is 0. The van der Waals surface area contributed by atoms with E-state index in [-0.39, 0.29) is 5.60 Å². The molecule has 0 bridgehead atoms. The number of nitrogens with zero attached hydrogens (tertiary/aromatic N) is 1. The Kier molecular flexibility index (Phi) is 3.97. The molecule has 2 aliphatic rings. The fourth-order valence-corrected chi connectivity index (χ4v) is 4.79. The zero-order valence-electron chi connectivity index (χ0n) is 12.5. The Bertz CT molecular complexity index is 569. The summed E-state index contributed by atoms with van der Waals surface area (Å²) in [6.45, 7) is 4.55. The number of hydrogen-bond donors (Lipinski definition) is 1. The quantitative estimate of drug-likeness (QED) is 0.924. The van der Waals surface area contributed by atoms with Gasteiger partial charge in [0.25, 0.3) is 0 Å². The van der Waals surface area contributed by atoms with Gasteiger partial charge in [0.2, 0.25) is 0 Å². The topological polar surface area (TPSA) is 59.4 Å². The number of ether oxygens (including phenoxy) is 1. The molecule has 1 aromatic rings. The number of hydrogen-bond acceptors (Lipinski definition) is 4. The van der Waals surface area contributed by atoms with E-state index in [0.29, 0.717) is 15.8 Å². The van der Waals surface area contributed by atoms with Gasteiger partial charge in [0.15, 0.2) is 0 Å². The monoisotopic (exact) mass is 307 g/mol. The van der Waals surface area contributed by atoms with E-state index in [4.69, 9.17) is 4.74 Å². The number of aryl methyl sites for hydroxylation is 2. The minimum atomic E-state index is -0.882. The maximum atomic E-state index is 11.5. The van der Waals surface area contributed by atoms with Crippen LogP contribution in [0.2, 0.25) is 0 Å². The first-order chi connectivity index (χ1) is 9.99. The number of pyridine rings is 1. The van der Waals surface area contributed by atoms with Gasteiger partial charge in [0, 0.05) is 17.6 Å². The maximum Gasteiger partial charge on any atom is 0.338 e. The van der Waals surface area contributed by atoms with E-state index in [9.17, 15) is 9.90 Å². The molecule has 5 heteroatoms. The number of carboxylic acids is 1. The molecule has 0 aromatic carbocycles. The van der Waals surface area contributed by atoms with Crippen LogP contribution in [0.5, 0.6) is 0 Å². The average Bonchev–Trinajstić information content (AvgIpc) is 2.35. The molecule has 1 unspecified atom stereocenters. The van der Waals surface area contributed by atoms with Gasteiger partial charge in [0.05, 0.1) is 11.2 Å². The van der Waals surface area contributed by atoms with E-state index >= 15 is 0 Å². The number of aromatic nitrogens is 1. The molecule has 3 rings (SSSR count). The number of carbonyl (C=O) groups is 1. The molecule has 1 spiro atoms. The van der Waals surface area contributed by atoms with Crippen molar-refractivity contribution in [1.82, 2.24) is 4.98 Å². The van der Waals surface area contributed by atoms with E-state index in [1.807, 2.05) is 19.9 Å². The lowest BCUT2D eigenvalue weighted by Crippen LogP contribution is -2.46. The lowest BCUT2D eigenvalue weighted by atomic mass is 9.75. The zero-order chi connectivity index (χ0) is 15.0. The van der Waals surface area contributed by atoms with Crippen LogP contribution in [0.25, 0.3) is 0 Å². The smallest absolute Gasteiger partial charge is 0.338 e. The summed E-state index contributed by atoms with van der Waals surface area (Å²) in [6.07, 6.45) is 5.54. The third-order valence-corrected chi connectivity index (χ3v) is 5.77. The SMILES string of the molecule is Cc1cc(C)c(C(=O)O)c(SC2CCOC3(CCC3)C2)n1. The van der Waals surface area contributed by atoms with Crippen molar-refractivity contribution in [1.29, 1.82) is 0 Å². The minimum Gasteiger partial charge on any atom is -0.478 e. The highest BCUT2D eigenvalue weighted by atomic mass is 32.2. The van der Waals surface area contributed by atoms with Gasteiger partial charge in [-0.1, -0.05) is 0 Å². The second-order valence-electron chi connectivity index (χ2n) is 6.18. The van der Waals surface area contributed by atoms with Crippen LogP contribution >= 0.6 is 11.8 Å². The van der Waals surface area contributed by atoms with Crippen molar-refractivity contribution in [3.05, 3.63) is 22.9 Å². The number of thioether (sulfide) groups is 1. The Hall–Kier alpha value is -1.07. The van der Waals surface area contributed by atoms with Crippen LogP contribution in [0, 0.1) is 13.8 Å². The van der Waals surface area contributed by atoms with Gasteiger partial charge >= 0.3 is 5.97 Å². The summed E-state index contributed by atoms with van der Waals surface area (Å²) in [5.74, 6) is -0.882. The average molecular weight is 307 g/mol. The Morgan fingerprint density at radius 3 is 2.86 bits per heavy atom. The van der Waals surface area contributed by atoms with Gasteiger partial charge in [-0.25, -0.2) is 9.78 Å². The van der Waals surface area contributed by atoms with Crippen LogP contribution < -0.4 is 0 Å². The van der Waals surface area contributed by atoms with Gasteiger partial charge in [-0.05, 0) is 57.6 Å². The molecule has 1 saturated heterocycles. The molecule has 1 aliphatic heterocycles. The van der Waals surface area contributed by atoms with E-state index < -0.39 is 5.97 Å². The number of carboxylic acid groups (broad SMARTS) is 1. The fourth-order valence-electron chi connectivity index (χ4n) is 3.31. The third kappa shape index (κ3) is 2.94. The van der Waals surface area contributed by atoms with Crippen molar-refractivity contribution in [2.24, 2.45) is 0 Å². The van der Waals surface area contributed by atoms with Gasteiger partial charge in [0.1, 0.15) is 5.03 Å². The van der Waals surface area contributed by atoms with Crippen molar-refractivity contribution >= 4 is 17.7 Å². The summed E-state index contributed by atoms with van der Waals surface area (Å²) in [5.41, 5.74) is 2.12. The summed E-state index contributed by atoms with van der Waals surface area (Å²) in [5, 5.41) is 10.5. The summed E-state index contributed by atoms with van der Waals surface area (Å²) in [6, 6.07) is 1.84. The molecule has 2 fully saturated rings. The fraction of sp³-hybridized carbons (Fsp3) is 0.625. The van der Waals surface area contributed by atoms with Crippen molar-refractivity contribution in [2.75, 3.05) is 6.61 Å². The normalized spacial score (nSPS) is 23.8. The van der Waals surface area contributed by atoms with Crippen molar-refractivity contribution < 1.29 is 14.6 Å². The molecule has 0 radical (unpaired) electrons. The van der Waals surface area contributed by atoms with Gasteiger partial charge < -0.3 is 9.84 Å². The molecular weight excluding hydrogens is 286 g/mol. The highest BCUT2D eigenvalue weighted by Crippen LogP contribution is 2.46. The molecular formula is C16H21NO3S. The predicted molar refractivity (Wildman–Crippen MR) is 82.1 cm³/mol. The molecule has 2 heterocycles. The molecule has 0 amide bonds. The standard InChI is InChI=1S/C16H21NO3S/c1-10-8-11(2)17-14(13(10)15(18)19)21-12-4-7-20-16(9-12)5-3-6-16/h8,12H,3-7,9H2,1-2H3,(H,18,19). The maximum absolute atomic E-state index is 11.5. The molecule has 4 nitrogen and oxygen atoms in total. The van der Waals surface area contributed by atoms with E-state index in [1.165, 1.54) is 6.42 Å². The van der Waals surface area contributed by atoms with Crippen LogP contribution in [0.15, 0.2) is 11.1 Å². The largest absolute Gasteiger partial charge is 0.478 e.